The molecule has 1 aromatic heterocycles. The number of carbonyl (C=O) groups is 1. The lowest BCUT2D eigenvalue weighted by atomic mass is 10.2. The Hall–Kier alpha value is -3.35. The van der Waals surface area contributed by atoms with Crippen LogP contribution in [-0.4, -0.2) is 29.8 Å². The summed E-state index contributed by atoms with van der Waals surface area (Å²) in [6.45, 7) is 2.49. The van der Waals surface area contributed by atoms with E-state index in [-0.39, 0.29) is 11.6 Å². The van der Waals surface area contributed by atoms with Crippen LogP contribution in [-0.2, 0) is 6.54 Å². The molecule has 2 aromatic carbocycles. The number of nitrogens with zero attached hydrogens (tertiary/aromatic N) is 3. The maximum Gasteiger partial charge on any atom is 0.295 e. The first-order valence-electron chi connectivity index (χ1n) is 8.09. The van der Waals surface area contributed by atoms with Crippen molar-refractivity contribution in [3.63, 3.8) is 0 Å². The lowest BCUT2D eigenvalue weighted by molar-refractivity contribution is 0.0994. The second kappa shape index (κ2) is 7.26. The number of hydrogen-bond donors (Lipinski definition) is 1. The number of aromatic nitrogens is 1. The topological polar surface area (TPSA) is 85.4 Å². The molecule has 134 valence electrons. The number of hydrogen-bond acceptors (Lipinski definition) is 5. The van der Waals surface area contributed by atoms with E-state index >= 15 is 0 Å². The summed E-state index contributed by atoms with van der Waals surface area (Å²) >= 11 is 0. The van der Waals surface area contributed by atoms with E-state index in [1.165, 1.54) is 20.3 Å². The van der Waals surface area contributed by atoms with Crippen molar-refractivity contribution in [2.24, 2.45) is 10.2 Å². The molecule has 7 nitrogen and oxygen atoms in total. The van der Waals surface area contributed by atoms with Gasteiger partial charge in [-0.05, 0) is 31.2 Å². The molecule has 1 N–H and O–H groups in total. The highest BCUT2D eigenvalue weighted by Gasteiger charge is 2.16. The summed E-state index contributed by atoms with van der Waals surface area (Å²) in [5.41, 5.74) is 1.42. The Morgan fingerprint density at radius 3 is 2.54 bits per heavy atom. The summed E-state index contributed by atoms with van der Waals surface area (Å²) in [5.74, 6) is 0.389. The molecule has 1 amide bonds. The van der Waals surface area contributed by atoms with Crippen molar-refractivity contribution in [3.8, 4) is 17.4 Å². The molecule has 7 heteroatoms. The number of methoxy groups -OCH3 is 2. The van der Waals surface area contributed by atoms with Crippen LogP contribution >= 0.6 is 0 Å². The van der Waals surface area contributed by atoms with Crippen molar-refractivity contribution in [1.29, 1.82) is 0 Å². The smallest absolute Gasteiger partial charge is 0.295 e. The fourth-order valence-electron chi connectivity index (χ4n) is 2.81. The third kappa shape index (κ3) is 2.99. The second-order valence-electron chi connectivity index (χ2n) is 5.51. The van der Waals surface area contributed by atoms with Crippen LogP contribution in [0.5, 0.6) is 17.4 Å². The Balaban J connectivity index is 1.97. The number of aromatic hydroxyl groups is 1. The van der Waals surface area contributed by atoms with Gasteiger partial charge in [0.05, 0.1) is 19.7 Å². The van der Waals surface area contributed by atoms with Crippen LogP contribution in [0.4, 0.5) is 5.69 Å². The van der Waals surface area contributed by atoms with Gasteiger partial charge in [0.25, 0.3) is 5.91 Å². The number of carbonyl (C=O) groups excluding carboxylic acids is 1. The molecular weight excluding hydrogens is 334 g/mol. The summed E-state index contributed by atoms with van der Waals surface area (Å²) < 4.78 is 12.1. The average molecular weight is 353 g/mol. The molecule has 3 aromatic rings. The Bertz CT molecular complexity index is 992. The van der Waals surface area contributed by atoms with Crippen LogP contribution in [0.1, 0.15) is 17.3 Å². The minimum Gasteiger partial charge on any atom is -0.493 e. The van der Waals surface area contributed by atoms with Gasteiger partial charge in [-0.2, -0.15) is 0 Å². The van der Waals surface area contributed by atoms with E-state index < -0.39 is 5.91 Å². The Kier molecular flexibility index (Phi) is 4.88. The van der Waals surface area contributed by atoms with Crippen LogP contribution in [0.15, 0.2) is 52.7 Å². The number of para-hydroxylation sites is 1. The molecule has 0 saturated carbocycles. The molecule has 26 heavy (non-hydrogen) atoms. The predicted molar refractivity (Wildman–Crippen MR) is 97.7 cm³/mol. The first-order valence-corrected chi connectivity index (χ1v) is 8.09. The van der Waals surface area contributed by atoms with Gasteiger partial charge in [-0.3, -0.25) is 4.79 Å². The molecule has 0 aliphatic heterocycles. The second-order valence-corrected chi connectivity index (χ2v) is 5.51. The van der Waals surface area contributed by atoms with Gasteiger partial charge < -0.3 is 19.1 Å². The Labute approximate surface area is 150 Å². The van der Waals surface area contributed by atoms with Gasteiger partial charge >= 0.3 is 0 Å². The van der Waals surface area contributed by atoms with E-state index in [4.69, 9.17) is 9.47 Å². The van der Waals surface area contributed by atoms with Gasteiger partial charge in [-0.15, -0.1) is 10.2 Å². The Morgan fingerprint density at radius 2 is 1.85 bits per heavy atom. The van der Waals surface area contributed by atoms with Crippen molar-refractivity contribution in [2.45, 2.75) is 13.5 Å². The summed E-state index contributed by atoms with van der Waals surface area (Å²) in [4.78, 5) is 12.4. The maximum atomic E-state index is 12.4. The quantitative estimate of drug-likeness (QED) is 0.693. The van der Waals surface area contributed by atoms with E-state index in [0.29, 0.717) is 23.6 Å². The fraction of sp³-hybridized carbons (Fsp3) is 0.211. The zero-order valence-electron chi connectivity index (χ0n) is 14.8. The minimum atomic E-state index is -0.543. The first kappa shape index (κ1) is 17.5. The van der Waals surface area contributed by atoms with Crippen molar-refractivity contribution in [2.75, 3.05) is 14.2 Å². The number of benzene rings is 2. The van der Waals surface area contributed by atoms with E-state index in [2.05, 4.69) is 10.2 Å². The highest BCUT2D eigenvalue weighted by molar-refractivity contribution is 5.97. The van der Waals surface area contributed by atoms with Crippen LogP contribution in [0.25, 0.3) is 10.9 Å². The molecule has 0 spiro atoms. The summed E-state index contributed by atoms with van der Waals surface area (Å²) in [6, 6.07) is 12.2. The number of rotatable bonds is 5. The number of azo groups is 1. The first-order chi connectivity index (χ1) is 12.6. The molecule has 0 aliphatic rings. The van der Waals surface area contributed by atoms with Crippen LogP contribution < -0.4 is 9.47 Å². The van der Waals surface area contributed by atoms with Crippen LogP contribution in [0, 0.1) is 0 Å². The normalized spacial score (nSPS) is 11.2. The van der Waals surface area contributed by atoms with E-state index in [1.807, 2.05) is 31.2 Å². The molecule has 0 aliphatic carbocycles. The molecular formula is C19H19N3O4. The summed E-state index contributed by atoms with van der Waals surface area (Å²) in [6.07, 6.45) is 0. The van der Waals surface area contributed by atoms with Gasteiger partial charge in [0.1, 0.15) is 0 Å². The molecule has 3 rings (SSSR count). The molecule has 1 heterocycles. The summed E-state index contributed by atoms with van der Waals surface area (Å²) in [5, 5.41) is 18.9. The fourth-order valence-corrected chi connectivity index (χ4v) is 2.81. The Morgan fingerprint density at radius 1 is 1.12 bits per heavy atom. The van der Waals surface area contributed by atoms with Crippen molar-refractivity contribution >= 4 is 22.5 Å². The summed E-state index contributed by atoms with van der Waals surface area (Å²) in [7, 11) is 3.01. The van der Waals surface area contributed by atoms with Crippen LogP contribution in [0.3, 0.4) is 0 Å². The van der Waals surface area contributed by atoms with Crippen molar-refractivity contribution in [1.82, 2.24) is 4.57 Å². The molecule has 0 fully saturated rings. The average Bonchev–Trinajstić information content (AvgIpc) is 2.96. The largest absolute Gasteiger partial charge is 0.493 e. The third-order valence-electron chi connectivity index (χ3n) is 4.10. The number of ether oxygens (including phenoxy) is 2. The molecule has 0 unspecified atom stereocenters. The lowest BCUT2D eigenvalue weighted by Gasteiger charge is -2.07. The number of amides is 1. The van der Waals surface area contributed by atoms with Crippen molar-refractivity contribution in [3.05, 3.63) is 48.0 Å². The van der Waals surface area contributed by atoms with Crippen LogP contribution in [0.2, 0.25) is 0 Å². The maximum absolute atomic E-state index is 12.4. The van der Waals surface area contributed by atoms with Gasteiger partial charge in [0, 0.05) is 17.5 Å². The number of fused-ring (bicyclic) bond motifs is 1. The van der Waals surface area contributed by atoms with E-state index in [0.717, 1.165) is 10.9 Å². The van der Waals surface area contributed by atoms with Gasteiger partial charge in [-0.1, -0.05) is 18.2 Å². The predicted octanol–water partition coefficient (Wildman–Crippen LogP) is 4.31. The monoisotopic (exact) mass is 353 g/mol. The van der Waals surface area contributed by atoms with Gasteiger partial charge in [0.2, 0.25) is 5.88 Å². The van der Waals surface area contributed by atoms with E-state index in [1.54, 1.807) is 16.7 Å². The molecule has 0 saturated heterocycles. The zero-order valence-corrected chi connectivity index (χ0v) is 14.8. The standard InChI is InChI=1S/C19H19N3O4/c1-4-22-14-8-6-5-7-13(14)17(19(22)24)20-21-18(23)12-9-10-15(25-2)16(11-12)26-3/h5-11,24H,4H2,1-3H3. The molecule has 0 radical (unpaired) electrons. The molecule has 0 atom stereocenters. The SMILES string of the molecule is CCn1c(O)c(N=NC(=O)c2ccc(OC)c(OC)c2)c2ccccc21. The van der Waals surface area contributed by atoms with Gasteiger partial charge in [0.15, 0.2) is 17.2 Å². The van der Waals surface area contributed by atoms with E-state index in [9.17, 15) is 9.90 Å². The highest BCUT2D eigenvalue weighted by Crippen LogP contribution is 2.38. The zero-order chi connectivity index (χ0) is 18.7. The van der Waals surface area contributed by atoms with Crippen molar-refractivity contribution < 1.29 is 19.4 Å². The molecule has 0 bridgehead atoms. The van der Waals surface area contributed by atoms with Gasteiger partial charge in [-0.25, -0.2) is 0 Å². The highest BCUT2D eigenvalue weighted by atomic mass is 16.5. The minimum absolute atomic E-state index is 0.0161. The lowest BCUT2D eigenvalue weighted by Crippen LogP contribution is -1.97. The number of aryl methyl sites for hydroxylation is 1. The third-order valence-corrected chi connectivity index (χ3v) is 4.10.